The van der Waals surface area contributed by atoms with Crippen LogP contribution in [0.3, 0.4) is 0 Å². The summed E-state index contributed by atoms with van der Waals surface area (Å²) in [4.78, 5) is 4.19. The highest BCUT2D eigenvalue weighted by molar-refractivity contribution is 6.35. The van der Waals surface area contributed by atoms with E-state index in [0.29, 0.717) is 28.5 Å². The van der Waals surface area contributed by atoms with Gasteiger partial charge in [-0.2, -0.15) is 0 Å². The predicted octanol–water partition coefficient (Wildman–Crippen LogP) is 3.11. The molecule has 0 amide bonds. The largest absolute Gasteiger partial charge is 0.492 e. The van der Waals surface area contributed by atoms with Gasteiger partial charge in [-0.1, -0.05) is 23.2 Å². The van der Waals surface area contributed by atoms with Gasteiger partial charge in [0.15, 0.2) is 5.96 Å². The maximum Gasteiger partial charge on any atom is 0.191 e. The minimum Gasteiger partial charge on any atom is -0.492 e. The standard InChI is InChI=1S/C16H23Cl2N3O2/c1-19-16(21-11-13-4-2-8-22-13)20-7-3-9-23-15-6-5-12(17)10-14(15)18/h5-6,10,13H,2-4,7-9,11H2,1H3,(H2,19,20,21). The summed E-state index contributed by atoms with van der Waals surface area (Å²) >= 11 is 11.9. The summed E-state index contributed by atoms with van der Waals surface area (Å²) in [5, 5.41) is 7.65. The van der Waals surface area contributed by atoms with Gasteiger partial charge in [0, 0.05) is 31.8 Å². The van der Waals surface area contributed by atoms with E-state index in [0.717, 1.165) is 44.9 Å². The van der Waals surface area contributed by atoms with E-state index in [4.69, 9.17) is 32.7 Å². The molecule has 0 radical (unpaired) electrons. The molecule has 1 saturated heterocycles. The van der Waals surface area contributed by atoms with Crippen molar-refractivity contribution >= 4 is 29.2 Å². The quantitative estimate of drug-likeness (QED) is 0.446. The SMILES string of the molecule is CN=C(NCCCOc1ccc(Cl)cc1Cl)NCC1CCCO1. The van der Waals surface area contributed by atoms with Crippen molar-refractivity contribution < 1.29 is 9.47 Å². The van der Waals surface area contributed by atoms with Crippen LogP contribution in [0.1, 0.15) is 19.3 Å². The number of hydrogen-bond donors (Lipinski definition) is 2. The van der Waals surface area contributed by atoms with Crippen LogP contribution in [-0.2, 0) is 4.74 Å². The maximum atomic E-state index is 6.05. The smallest absolute Gasteiger partial charge is 0.191 e. The Morgan fingerprint density at radius 3 is 2.96 bits per heavy atom. The molecule has 2 N–H and O–H groups in total. The van der Waals surface area contributed by atoms with Crippen molar-refractivity contribution in [3.63, 3.8) is 0 Å². The average Bonchev–Trinajstić information content (AvgIpc) is 3.05. The molecule has 0 saturated carbocycles. The number of ether oxygens (including phenoxy) is 2. The van der Waals surface area contributed by atoms with Gasteiger partial charge < -0.3 is 20.1 Å². The third kappa shape index (κ3) is 6.45. The molecule has 0 bridgehead atoms. The first kappa shape index (κ1) is 18.2. The molecule has 1 aromatic rings. The summed E-state index contributed by atoms with van der Waals surface area (Å²) in [6, 6.07) is 5.21. The van der Waals surface area contributed by atoms with E-state index in [9.17, 15) is 0 Å². The molecule has 1 atom stereocenters. The van der Waals surface area contributed by atoms with Crippen LogP contribution in [0.4, 0.5) is 0 Å². The van der Waals surface area contributed by atoms with Gasteiger partial charge in [0.1, 0.15) is 5.75 Å². The number of nitrogens with zero attached hydrogens (tertiary/aromatic N) is 1. The zero-order valence-electron chi connectivity index (χ0n) is 13.3. The molecule has 1 aliphatic heterocycles. The first-order valence-corrected chi connectivity index (χ1v) is 8.58. The van der Waals surface area contributed by atoms with Crippen LogP contribution in [-0.4, -0.2) is 45.4 Å². The summed E-state index contributed by atoms with van der Waals surface area (Å²) in [5.74, 6) is 1.43. The molecule has 0 aromatic heterocycles. The van der Waals surface area contributed by atoms with Crippen LogP contribution < -0.4 is 15.4 Å². The minimum absolute atomic E-state index is 0.295. The molecule has 1 aromatic carbocycles. The molecular formula is C16H23Cl2N3O2. The summed E-state index contributed by atoms with van der Waals surface area (Å²) < 4.78 is 11.2. The van der Waals surface area contributed by atoms with Gasteiger partial charge in [-0.15, -0.1) is 0 Å². The van der Waals surface area contributed by atoms with Crippen LogP contribution in [0, 0.1) is 0 Å². The van der Waals surface area contributed by atoms with Crippen molar-refractivity contribution in [1.29, 1.82) is 0 Å². The molecule has 1 fully saturated rings. The lowest BCUT2D eigenvalue weighted by Gasteiger charge is -2.15. The summed E-state index contributed by atoms with van der Waals surface area (Å²) in [6.07, 6.45) is 3.38. The molecule has 23 heavy (non-hydrogen) atoms. The monoisotopic (exact) mass is 359 g/mol. The molecule has 128 valence electrons. The van der Waals surface area contributed by atoms with Gasteiger partial charge in [-0.05, 0) is 37.5 Å². The van der Waals surface area contributed by atoms with Crippen molar-refractivity contribution in [2.45, 2.75) is 25.4 Å². The molecule has 7 heteroatoms. The van der Waals surface area contributed by atoms with Crippen LogP contribution >= 0.6 is 23.2 Å². The van der Waals surface area contributed by atoms with E-state index in [-0.39, 0.29) is 0 Å². The Bertz CT molecular complexity index is 520. The molecular weight excluding hydrogens is 337 g/mol. The van der Waals surface area contributed by atoms with Gasteiger partial charge in [0.2, 0.25) is 0 Å². The zero-order chi connectivity index (χ0) is 16.5. The fraction of sp³-hybridized carbons (Fsp3) is 0.562. The zero-order valence-corrected chi connectivity index (χ0v) is 14.8. The number of hydrogen-bond acceptors (Lipinski definition) is 3. The van der Waals surface area contributed by atoms with Gasteiger partial charge in [0.05, 0.1) is 17.7 Å². The molecule has 5 nitrogen and oxygen atoms in total. The molecule has 2 rings (SSSR count). The number of nitrogens with one attached hydrogen (secondary N) is 2. The Kier molecular flexibility index (Phi) is 7.79. The summed E-state index contributed by atoms with van der Waals surface area (Å²) in [6.45, 7) is 2.98. The van der Waals surface area contributed by atoms with Crippen LogP contribution in [0.15, 0.2) is 23.2 Å². The van der Waals surface area contributed by atoms with Crippen molar-refractivity contribution in [3.05, 3.63) is 28.2 Å². The molecule has 1 unspecified atom stereocenters. The topological polar surface area (TPSA) is 54.9 Å². The third-order valence-corrected chi connectivity index (χ3v) is 4.04. The first-order chi connectivity index (χ1) is 11.2. The highest BCUT2D eigenvalue weighted by Crippen LogP contribution is 2.27. The molecule has 0 aliphatic carbocycles. The fourth-order valence-electron chi connectivity index (χ4n) is 2.29. The second kappa shape index (κ2) is 9.85. The highest BCUT2D eigenvalue weighted by Gasteiger charge is 2.15. The number of benzene rings is 1. The van der Waals surface area contributed by atoms with E-state index >= 15 is 0 Å². The second-order valence-electron chi connectivity index (χ2n) is 5.29. The Morgan fingerprint density at radius 1 is 1.39 bits per heavy atom. The van der Waals surface area contributed by atoms with Gasteiger partial charge in [-0.3, -0.25) is 4.99 Å². The van der Waals surface area contributed by atoms with Gasteiger partial charge >= 0.3 is 0 Å². The molecule has 1 aliphatic rings. The van der Waals surface area contributed by atoms with E-state index in [2.05, 4.69) is 15.6 Å². The Balaban J connectivity index is 1.59. The maximum absolute atomic E-state index is 6.05. The normalized spacial score (nSPS) is 18.0. The van der Waals surface area contributed by atoms with Crippen molar-refractivity contribution in [3.8, 4) is 5.75 Å². The molecule has 0 spiro atoms. The molecule has 1 heterocycles. The van der Waals surface area contributed by atoms with Crippen molar-refractivity contribution in [1.82, 2.24) is 10.6 Å². The van der Waals surface area contributed by atoms with Crippen LogP contribution in [0.5, 0.6) is 5.75 Å². The Hall–Kier alpha value is -1.17. The van der Waals surface area contributed by atoms with Crippen LogP contribution in [0.2, 0.25) is 10.0 Å². The van der Waals surface area contributed by atoms with E-state index in [1.165, 1.54) is 0 Å². The Morgan fingerprint density at radius 2 is 2.26 bits per heavy atom. The second-order valence-corrected chi connectivity index (χ2v) is 6.14. The summed E-state index contributed by atoms with van der Waals surface area (Å²) in [5.41, 5.74) is 0. The van der Waals surface area contributed by atoms with E-state index in [1.54, 1.807) is 25.2 Å². The minimum atomic E-state index is 0.295. The van der Waals surface area contributed by atoms with E-state index < -0.39 is 0 Å². The van der Waals surface area contributed by atoms with Crippen LogP contribution in [0.25, 0.3) is 0 Å². The van der Waals surface area contributed by atoms with Gasteiger partial charge in [0.25, 0.3) is 0 Å². The van der Waals surface area contributed by atoms with Gasteiger partial charge in [-0.25, -0.2) is 0 Å². The summed E-state index contributed by atoms with van der Waals surface area (Å²) in [7, 11) is 1.76. The van der Waals surface area contributed by atoms with E-state index in [1.807, 2.05) is 0 Å². The van der Waals surface area contributed by atoms with Crippen molar-refractivity contribution in [2.24, 2.45) is 4.99 Å². The number of halogens is 2. The first-order valence-electron chi connectivity index (χ1n) is 7.83. The fourth-order valence-corrected chi connectivity index (χ4v) is 2.75. The lowest BCUT2D eigenvalue weighted by molar-refractivity contribution is 0.114. The average molecular weight is 360 g/mol. The number of aliphatic imine (C=N–C) groups is 1. The Labute approximate surface area is 147 Å². The van der Waals surface area contributed by atoms with Crippen molar-refractivity contribution in [2.75, 3.05) is 33.4 Å². The number of guanidine groups is 1. The predicted molar refractivity (Wildman–Crippen MR) is 94.9 cm³/mol. The third-order valence-electron chi connectivity index (χ3n) is 3.51. The lowest BCUT2D eigenvalue weighted by Crippen LogP contribution is -2.41. The highest BCUT2D eigenvalue weighted by atomic mass is 35.5. The number of rotatable bonds is 7. The lowest BCUT2D eigenvalue weighted by atomic mass is 10.2.